The van der Waals surface area contributed by atoms with Gasteiger partial charge in [0.1, 0.15) is 11.7 Å². The normalized spacial score (nSPS) is 13.8. The van der Waals surface area contributed by atoms with Crippen molar-refractivity contribution in [2.75, 3.05) is 6.61 Å². The first-order valence-electron chi connectivity index (χ1n) is 17.0. The third kappa shape index (κ3) is 17.8. The van der Waals surface area contributed by atoms with Gasteiger partial charge in [0.25, 0.3) is 0 Å². The van der Waals surface area contributed by atoms with E-state index < -0.39 is 42.0 Å². The van der Waals surface area contributed by atoms with Crippen LogP contribution >= 0.6 is 0 Å². The Morgan fingerprint density at radius 2 is 1.17 bits per heavy atom. The number of hydrogen-bond donors (Lipinski definition) is 1. The number of carbonyl (C=O) groups excluding carboxylic acids is 3. The minimum absolute atomic E-state index is 0.214. The lowest BCUT2D eigenvalue weighted by Gasteiger charge is -2.35. The minimum atomic E-state index is -2.33. The predicted molar refractivity (Wildman–Crippen MR) is 166 cm³/mol. The molecule has 242 valence electrons. The molecule has 7 heteroatoms. The fourth-order valence-corrected chi connectivity index (χ4v) is 5.51. The molecule has 1 N–H and O–H groups in total. The van der Waals surface area contributed by atoms with Gasteiger partial charge >= 0.3 is 17.9 Å². The van der Waals surface area contributed by atoms with Gasteiger partial charge in [-0.2, -0.15) is 0 Å². The smallest absolute Gasteiger partial charge is 0.339 e. The molecule has 0 aliphatic carbocycles. The highest BCUT2D eigenvalue weighted by Gasteiger charge is 2.45. The molecular formula is C34H64O7. The Labute approximate surface area is 251 Å². The van der Waals surface area contributed by atoms with Crippen LogP contribution in [0, 0.1) is 0 Å². The molecule has 0 rings (SSSR count). The lowest BCUT2D eigenvalue weighted by atomic mass is 9.86. The number of rotatable bonds is 27. The second-order valence-corrected chi connectivity index (χ2v) is 11.9. The van der Waals surface area contributed by atoms with Crippen molar-refractivity contribution in [3.63, 3.8) is 0 Å². The van der Waals surface area contributed by atoms with Gasteiger partial charge in [-0.1, -0.05) is 112 Å². The number of aliphatic hydroxyl groups is 1. The molecule has 2 unspecified atom stereocenters. The SMILES string of the molecule is CCCCCCC(CCC)OC(=O)C(O)(CC(=O)OCCCCC)CC(=O)OC(CCC)(CCC)CCCCCC. The zero-order valence-electron chi connectivity index (χ0n) is 27.5. The van der Waals surface area contributed by atoms with Crippen LogP contribution in [0.25, 0.3) is 0 Å². The Balaban J connectivity index is 5.80. The van der Waals surface area contributed by atoms with E-state index in [1.807, 2.05) is 6.92 Å². The van der Waals surface area contributed by atoms with Gasteiger partial charge in [0.05, 0.1) is 19.4 Å². The van der Waals surface area contributed by atoms with Gasteiger partial charge < -0.3 is 19.3 Å². The van der Waals surface area contributed by atoms with Gasteiger partial charge in [-0.15, -0.1) is 0 Å². The van der Waals surface area contributed by atoms with Crippen molar-refractivity contribution in [3.8, 4) is 0 Å². The molecule has 41 heavy (non-hydrogen) atoms. The molecule has 0 aliphatic heterocycles. The van der Waals surface area contributed by atoms with Crippen molar-refractivity contribution in [1.82, 2.24) is 0 Å². The van der Waals surface area contributed by atoms with Crippen LogP contribution < -0.4 is 0 Å². The number of esters is 3. The molecule has 0 saturated carbocycles. The first kappa shape index (κ1) is 39.4. The molecule has 2 atom stereocenters. The summed E-state index contributed by atoms with van der Waals surface area (Å²) in [6, 6.07) is 0. The minimum Gasteiger partial charge on any atom is -0.466 e. The van der Waals surface area contributed by atoms with Crippen molar-refractivity contribution in [2.24, 2.45) is 0 Å². The molecule has 0 fully saturated rings. The Kier molecular flexibility index (Phi) is 22.9. The van der Waals surface area contributed by atoms with Crippen molar-refractivity contribution >= 4 is 17.9 Å². The standard InChI is InChI=1S/C34H64O7/c1-7-13-16-18-22-29(21-10-4)40-32(37)34(38,27-30(35)39-26-20-15-9-3)28-31(36)41-33(23-11-5,24-12-6)25-19-17-14-8-2/h29,38H,7-28H2,1-6H3. The molecular weight excluding hydrogens is 520 g/mol. The van der Waals surface area contributed by atoms with Crippen LogP contribution in [0.2, 0.25) is 0 Å². The summed E-state index contributed by atoms with van der Waals surface area (Å²) >= 11 is 0. The van der Waals surface area contributed by atoms with E-state index in [9.17, 15) is 19.5 Å². The van der Waals surface area contributed by atoms with E-state index in [1.165, 1.54) is 0 Å². The summed E-state index contributed by atoms with van der Waals surface area (Å²) in [5.41, 5.74) is -2.97. The van der Waals surface area contributed by atoms with Crippen LogP contribution in [0.5, 0.6) is 0 Å². The molecule has 0 bridgehead atoms. The van der Waals surface area contributed by atoms with Crippen LogP contribution in [0.1, 0.15) is 176 Å². The number of ether oxygens (including phenoxy) is 3. The summed E-state index contributed by atoms with van der Waals surface area (Å²) in [7, 11) is 0. The largest absolute Gasteiger partial charge is 0.466 e. The van der Waals surface area contributed by atoms with E-state index in [2.05, 4.69) is 34.6 Å². The summed E-state index contributed by atoms with van der Waals surface area (Å²) < 4.78 is 17.2. The average Bonchev–Trinajstić information content (AvgIpc) is 2.91. The van der Waals surface area contributed by atoms with Crippen molar-refractivity contribution in [2.45, 2.75) is 194 Å². The summed E-state index contributed by atoms with van der Waals surface area (Å²) in [5, 5.41) is 11.6. The van der Waals surface area contributed by atoms with Crippen molar-refractivity contribution in [3.05, 3.63) is 0 Å². The topological polar surface area (TPSA) is 99.1 Å². The third-order valence-electron chi connectivity index (χ3n) is 7.76. The molecule has 7 nitrogen and oxygen atoms in total. The highest BCUT2D eigenvalue weighted by molar-refractivity contribution is 5.90. The third-order valence-corrected chi connectivity index (χ3v) is 7.76. The van der Waals surface area contributed by atoms with Gasteiger partial charge in [0, 0.05) is 0 Å². The van der Waals surface area contributed by atoms with Gasteiger partial charge in [-0.25, -0.2) is 4.79 Å². The second-order valence-electron chi connectivity index (χ2n) is 11.9. The van der Waals surface area contributed by atoms with Gasteiger partial charge in [-0.3, -0.25) is 9.59 Å². The molecule has 0 aliphatic rings. The molecule has 0 radical (unpaired) electrons. The van der Waals surface area contributed by atoms with E-state index in [4.69, 9.17) is 14.2 Å². The zero-order valence-corrected chi connectivity index (χ0v) is 27.5. The first-order valence-corrected chi connectivity index (χ1v) is 17.0. The van der Waals surface area contributed by atoms with Crippen molar-refractivity contribution < 1.29 is 33.7 Å². The summed E-state index contributed by atoms with van der Waals surface area (Å²) in [4.78, 5) is 39.6. The van der Waals surface area contributed by atoms with Crippen LogP contribution in [-0.4, -0.2) is 46.9 Å². The maximum atomic E-state index is 13.5. The Hall–Kier alpha value is -1.63. The molecule has 0 saturated heterocycles. The Morgan fingerprint density at radius 1 is 0.610 bits per heavy atom. The highest BCUT2D eigenvalue weighted by Crippen LogP contribution is 2.33. The highest BCUT2D eigenvalue weighted by atomic mass is 16.6. The lowest BCUT2D eigenvalue weighted by molar-refractivity contribution is -0.187. The lowest BCUT2D eigenvalue weighted by Crippen LogP contribution is -2.47. The van der Waals surface area contributed by atoms with Crippen LogP contribution in [0.3, 0.4) is 0 Å². The van der Waals surface area contributed by atoms with Crippen LogP contribution in [0.15, 0.2) is 0 Å². The van der Waals surface area contributed by atoms with Gasteiger partial charge in [0.15, 0.2) is 5.60 Å². The Bertz CT molecular complexity index is 687. The van der Waals surface area contributed by atoms with Gasteiger partial charge in [-0.05, 0) is 51.4 Å². The average molecular weight is 585 g/mol. The molecule has 0 aromatic heterocycles. The van der Waals surface area contributed by atoms with E-state index in [0.29, 0.717) is 19.3 Å². The monoisotopic (exact) mass is 584 g/mol. The Morgan fingerprint density at radius 3 is 1.73 bits per heavy atom. The van der Waals surface area contributed by atoms with E-state index in [-0.39, 0.29) is 12.7 Å². The quantitative estimate of drug-likeness (QED) is 0.0585. The number of unbranched alkanes of at least 4 members (excludes halogenated alkanes) is 8. The fraction of sp³-hybridized carbons (Fsp3) is 0.912. The first-order chi connectivity index (χ1) is 19.7. The van der Waals surface area contributed by atoms with E-state index >= 15 is 0 Å². The summed E-state index contributed by atoms with van der Waals surface area (Å²) in [6.07, 6.45) is 15.5. The van der Waals surface area contributed by atoms with E-state index in [1.54, 1.807) is 0 Å². The van der Waals surface area contributed by atoms with Gasteiger partial charge in [0.2, 0.25) is 0 Å². The maximum Gasteiger partial charge on any atom is 0.339 e. The number of carbonyl (C=O) groups is 3. The zero-order chi connectivity index (χ0) is 31.0. The summed E-state index contributed by atoms with van der Waals surface area (Å²) in [5.74, 6) is -2.32. The van der Waals surface area contributed by atoms with Crippen LogP contribution in [-0.2, 0) is 28.6 Å². The summed E-state index contributed by atoms with van der Waals surface area (Å²) in [6.45, 7) is 12.7. The fourth-order valence-electron chi connectivity index (χ4n) is 5.51. The van der Waals surface area contributed by atoms with Crippen molar-refractivity contribution in [1.29, 1.82) is 0 Å². The molecule has 0 amide bonds. The molecule has 0 aromatic carbocycles. The van der Waals surface area contributed by atoms with Crippen LogP contribution in [0.4, 0.5) is 0 Å². The molecule has 0 spiro atoms. The maximum absolute atomic E-state index is 13.5. The molecule has 0 heterocycles. The van der Waals surface area contributed by atoms with E-state index in [0.717, 1.165) is 103 Å². The number of hydrogen-bond acceptors (Lipinski definition) is 7. The second kappa shape index (κ2) is 23.9. The predicted octanol–water partition coefficient (Wildman–Crippen LogP) is 8.77. The molecule has 0 aromatic rings.